The standard InChI is InChI=1S/C27H26N4O4/c1-16-23(25(33)31(30-16)18-14-12-17(13-15-18)27(2,3)4)28-29-24-20(9-7-10-21(24)26(34)35)19-8-5-6-11-22(19)32/h5-15,30,32H,1-4H3,(H,34,35). The zero-order valence-electron chi connectivity index (χ0n) is 19.9. The van der Waals surface area contributed by atoms with Crippen molar-refractivity contribution in [3.8, 4) is 22.6 Å². The van der Waals surface area contributed by atoms with Crippen molar-refractivity contribution < 1.29 is 15.0 Å². The second-order valence-electron chi connectivity index (χ2n) is 9.25. The summed E-state index contributed by atoms with van der Waals surface area (Å²) in [4.78, 5) is 25.0. The molecule has 178 valence electrons. The summed E-state index contributed by atoms with van der Waals surface area (Å²) in [6.07, 6.45) is 0. The number of H-pyrrole nitrogens is 1. The van der Waals surface area contributed by atoms with Crippen molar-refractivity contribution in [3.05, 3.63) is 93.9 Å². The van der Waals surface area contributed by atoms with E-state index in [0.29, 0.717) is 22.5 Å². The van der Waals surface area contributed by atoms with E-state index in [1.54, 1.807) is 37.3 Å². The summed E-state index contributed by atoms with van der Waals surface area (Å²) in [5.74, 6) is -1.22. The van der Waals surface area contributed by atoms with Gasteiger partial charge in [0.05, 0.1) is 16.9 Å². The number of aromatic carboxylic acids is 1. The van der Waals surface area contributed by atoms with Crippen LogP contribution in [-0.2, 0) is 5.41 Å². The van der Waals surface area contributed by atoms with Crippen LogP contribution in [0.1, 0.15) is 42.4 Å². The molecule has 0 unspecified atom stereocenters. The van der Waals surface area contributed by atoms with Gasteiger partial charge in [-0.1, -0.05) is 63.2 Å². The Kier molecular flexibility index (Phi) is 6.13. The highest BCUT2D eigenvalue weighted by Crippen LogP contribution is 2.38. The van der Waals surface area contributed by atoms with Crippen LogP contribution in [0, 0.1) is 6.92 Å². The van der Waals surface area contributed by atoms with Gasteiger partial charge in [-0.3, -0.25) is 9.89 Å². The second-order valence-corrected chi connectivity index (χ2v) is 9.25. The monoisotopic (exact) mass is 470 g/mol. The molecule has 0 saturated carbocycles. The van der Waals surface area contributed by atoms with Crippen LogP contribution in [0.5, 0.6) is 5.75 Å². The molecule has 0 aliphatic rings. The first-order valence-electron chi connectivity index (χ1n) is 11.1. The van der Waals surface area contributed by atoms with Gasteiger partial charge in [-0.2, -0.15) is 0 Å². The summed E-state index contributed by atoms with van der Waals surface area (Å²) in [6.45, 7) is 8.04. The van der Waals surface area contributed by atoms with E-state index in [0.717, 1.165) is 5.56 Å². The van der Waals surface area contributed by atoms with Crippen molar-refractivity contribution in [2.75, 3.05) is 0 Å². The predicted octanol–water partition coefficient (Wildman–Crippen LogP) is 6.26. The lowest BCUT2D eigenvalue weighted by atomic mass is 9.87. The fraction of sp³-hybridized carbons (Fsp3) is 0.185. The van der Waals surface area contributed by atoms with Crippen LogP contribution >= 0.6 is 0 Å². The molecule has 0 aliphatic carbocycles. The molecule has 1 aromatic heterocycles. The number of nitrogens with one attached hydrogen (secondary N) is 1. The Labute approximate surface area is 202 Å². The maximum Gasteiger partial charge on any atom is 0.337 e. The van der Waals surface area contributed by atoms with E-state index in [1.807, 2.05) is 24.3 Å². The molecule has 35 heavy (non-hydrogen) atoms. The summed E-state index contributed by atoms with van der Waals surface area (Å²) >= 11 is 0. The number of phenolic OH excluding ortho intramolecular Hbond substituents is 1. The minimum Gasteiger partial charge on any atom is -0.507 e. The highest BCUT2D eigenvalue weighted by atomic mass is 16.4. The van der Waals surface area contributed by atoms with Crippen molar-refractivity contribution in [3.63, 3.8) is 0 Å². The van der Waals surface area contributed by atoms with E-state index in [9.17, 15) is 19.8 Å². The molecule has 4 aromatic rings. The number of carbonyl (C=O) groups is 1. The molecular formula is C27H26N4O4. The first-order valence-corrected chi connectivity index (χ1v) is 11.1. The number of azo groups is 1. The van der Waals surface area contributed by atoms with Crippen LogP contribution in [0.4, 0.5) is 11.4 Å². The Hall–Kier alpha value is -4.46. The lowest BCUT2D eigenvalue weighted by Gasteiger charge is -2.19. The van der Waals surface area contributed by atoms with E-state index in [1.165, 1.54) is 16.8 Å². The Morgan fingerprint density at radius 2 is 1.51 bits per heavy atom. The lowest BCUT2D eigenvalue weighted by molar-refractivity contribution is 0.0697. The van der Waals surface area contributed by atoms with Gasteiger partial charge >= 0.3 is 5.97 Å². The highest BCUT2D eigenvalue weighted by Gasteiger charge is 2.19. The molecule has 0 fully saturated rings. The van der Waals surface area contributed by atoms with Crippen LogP contribution in [-0.4, -0.2) is 26.0 Å². The number of rotatable bonds is 5. The Morgan fingerprint density at radius 3 is 2.14 bits per heavy atom. The van der Waals surface area contributed by atoms with E-state index < -0.39 is 11.5 Å². The number of aromatic hydroxyl groups is 1. The number of benzene rings is 3. The summed E-state index contributed by atoms with van der Waals surface area (Å²) in [5, 5.41) is 31.4. The number of aryl methyl sites for hydroxylation is 1. The zero-order chi connectivity index (χ0) is 25.3. The maximum atomic E-state index is 13.1. The molecule has 4 rings (SSSR count). The normalized spacial score (nSPS) is 11.8. The minimum atomic E-state index is -1.20. The summed E-state index contributed by atoms with van der Waals surface area (Å²) in [7, 11) is 0. The number of hydrogen-bond acceptors (Lipinski definition) is 5. The van der Waals surface area contributed by atoms with Gasteiger partial charge in [-0.05, 0) is 42.2 Å². The number of hydrogen-bond donors (Lipinski definition) is 3. The van der Waals surface area contributed by atoms with Gasteiger partial charge < -0.3 is 10.2 Å². The van der Waals surface area contributed by atoms with Crippen molar-refractivity contribution in [2.24, 2.45) is 10.2 Å². The number of carboxylic acids is 1. The van der Waals surface area contributed by atoms with Crippen molar-refractivity contribution >= 4 is 17.3 Å². The minimum absolute atomic E-state index is 0.0169. The largest absolute Gasteiger partial charge is 0.507 e. The Morgan fingerprint density at radius 1 is 0.886 bits per heavy atom. The third kappa shape index (κ3) is 4.63. The molecule has 0 aliphatic heterocycles. The molecule has 0 radical (unpaired) electrons. The number of carboxylic acid groups (broad SMARTS) is 1. The fourth-order valence-corrected chi connectivity index (χ4v) is 3.79. The van der Waals surface area contributed by atoms with Crippen LogP contribution in [0.15, 0.2) is 81.8 Å². The number of para-hydroxylation sites is 1. The van der Waals surface area contributed by atoms with Crippen molar-refractivity contribution in [1.29, 1.82) is 0 Å². The van der Waals surface area contributed by atoms with Gasteiger partial charge in [-0.25, -0.2) is 9.48 Å². The van der Waals surface area contributed by atoms with Crippen LogP contribution in [0.3, 0.4) is 0 Å². The van der Waals surface area contributed by atoms with Gasteiger partial charge in [0.2, 0.25) is 0 Å². The smallest absolute Gasteiger partial charge is 0.337 e. The SMILES string of the molecule is Cc1[nH]n(-c2ccc(C(C)(C)C)cc2)c(=O)c1N=Nc1c(C(=O)O)cccc1-c1ccccc1O. The van der Waals surface area contributed by atoms with Crippen molar-refractivity contribution in [2.45, 2.75) is 33.1 Å². The zero-order valence-corrected chi connectivity index (χ0v) is 19.9. The molecule has 0 amide bonds. The third-order valence-electron chi connectivity index (χ3n) is 5.74. The molecule has 8 heteroatoms. The van der Waals surface area contributed by atoms with E-state index >= 15 is 0 Å². The number of aromatic amines is 1. The molecule has 0 spiro atoms. The topological polar surface area (TPSA) is 120 Å². The second kappa shape index (κ2) is 9.06. The van der Waals surface area contributed by atoms with Gasteiger partial charge in [0, 0.05) is 11.1 Å². The number of aromatic nitrogens is 2. The Bertz CT molecular complexity index is 1490. The fourth-order valence-electron chi connectivity index (χ4n) is 3.79. The molecule has 0 saturated heterocycles. The van der Waals surface area contributed by atoms with Crippen LogP contribution < -0.4 is 5.56 Å². The van der Waals surface area contributed by atoms with Crippen LogP contribution in [0.2, 0.25) is 0 Å². The average Bonchev–Trinajstić information content (AvgIpc) is 3.10. The lowest BCUT2D eigenvalue weighted by Crippen LogP contribution is -2.15. The molecule has 0 atom stereocenters. The molecule has 3 aromatic carbocycles. The molecule has 8 nitrogen and oxygen atoms in total. The van der Waals surface area contributed by atoms with E-state index in [2.05, 4.69) is 36.1 Å². The Balaban J connectivity index is 1.79. The predicted molar refractivity (Wildman–Crippen MR) is 135 cm³/mol. The number of nitrogens with zero attached hydrogens (tertiary/aromatic N) is 3. The van der Waals surface area contributed by atoms with E-state index in [4.69, 9.17) is 0 Å². The number of phenols is 1. The van der Waals surface area contributed by atoms with E-state index in [-0.39, 0.29) is 28.1 Å². The third-order valence-corrected chi connectivity index (χ3v) is 5.74. The van der Waals surface area contributed by atoms with Gasteiger partial charge in [0.15, 0.2) is 5.69 Å². The molecular weight excluding hydrogens is 444 g/mol. The van der Waals surface area contributed by atoms with Gasteiger partial charge in [0.1, 0.15) is 11.4 Å². The summed E-state index contributed by atoms with van der Waals surface area (Å²) in [6, 6.07) is 18.8. The first-order chi connectivity index (χ1) is 16.6. The summed E-state index contributed by atoms with van der Waals surface area (Å²) < 4.78 is 1.38. The first kappa shape index (κ1) is 23.7. The molecule has 1 heterocycles. The average molecular weight is 471 g/mol. The molecule has 3 N–H and O–H groups in total. The molecule has 0 bridgehead atoms. The summed E-state index contributed by atoms with van der Waals surface area (Å²) in [5.41, 5.74) is 2.65. The highest BCUT2D eigenvalue weighted by molar-refractivity contribution is 5.98. The van der Waals surface area contributed by atoms with Gasteiger partial charge in [-0.15, -0.1) is 10.2 Å². The quantitative estimate of drug-likeness (QED) is 0.298. The van der Waals surface area contributed by atoms with Crippen molar-refractivity contribution in [1.82, 2.24) is 9.78 Å². The van der Waals surface area contributed by atoms with Crippen LogP contribution in [0.25, 0.3) is 16.8 Å². The maximum absolute atomic E-state index is 13.1. The van der Waals surface area contributed by atoms with Gasteiger partial charge in [0.25, 0.3) is 5.56 Å².